The Kier molecular flexibility index (Phi) is 4.34. The molecule has 4 nitrogen and oxygen atoms in total. The summed E-state index contributed by atoms with van der Waals surface area (Å²) >= 11 is 0. The third-order valence-corrected chi connectivity index (χ3v) is 3.37. The van der Waals surface area contributed by atoms with Gasteiger partial charge in [-0.15, -0.1) is 0 Å². The number of aromatic nitrogens is 1. The summed E-state index contributed by atoms with van der Waals surface area (Å²) in [7, 11) is 3.65. The molecule has 0 bridgehead atoms. The molecule has 2 atom stereocenters. The van der Waals surface area contributed by atoms with E-state index in [-0.39, 0.29) is 0 Å². The average Bonchev–Trinajstić information content (AvgIpc) is 2.90. The normalized spacial score (nSPS) is 21.4. The summed E-state index contributed by atoms with van der Waals surface area (Å²) in [5.74, 6) is 1.28. The highest BCUT2D eigenvalue weighted by Gasteiger charge is 2.24. The van der Waals surface area contributed by atoms with Gasteiger partial charge in [-0.1, -0.05) is 6.07 Å². The predicted molar refractivity (Wildman–Crippen MR) is 66.3 cm³/mol. The molecule has 1 aliphatic rings. The van der Waals surface area contributed by atoms with Crippen molar-refractivity contribution >= 4 is 0 Å². The first-order valence-electron chi connectivity index (χ1n) is 6.07. The summed E-state index contributed by atoms with van der Waals surface area (Å²) in [5.41, 5.74) is 1.23. The summed E-state index contributed by atoms with van der Waals surface area (Å²) in [6.07, 6.45) is 4.02. The number of hydrogen-bond acceptors (Lipinski definition) is 4. The smallest absolute Gasteiger partial charge is 0.212 e. The molecule has 1 fully saturated rings. The lowest BCUT2D eigenvalue weighted by Gasteiger charge is -2.21. The third-order valence-electron chi connectivity index (χ3n) is 3.37. The molecular weight excluding hydrogens is 216 g/mol. The zero-order valence-electron chi connectivity index (χ0n) is 10.5. The van der Waals surface area contributed by atoms with Crippen molar-refractivity contribution in [2.45, 2.75) is 18.9 Å². The fraction of sp³-hybridized carbons (Fsp3) is 0.615. The Labute approximate surface area is 102 Å². The molecule has 0 aliphatic carbocycles. The maximum atomic E-state index is 5.44. The Balaban J connectivity index is 1.96. The van der Waals surface area contributed by atoms with Gasteiger partial charge >= 0.3 is 0 Å². The van der Waals surface area contributed by atoms with Crippen LogP contribution in [0.15, 0.2) is 18.3 Å². The Hall–Kier alpha value is -1.13. The monoisotopic (exact) mass is 236 g/mol. The Morgan fingerprint density at radius 3 is 3.00 bits per heavy atom. The van der Waals surface area contributed by atoms with Crippen LogP contribution in [0.5, 0.6) is 5.88 Å². The van der Waals surface area contributed by atoms with E-state index in [1.54, 1.807) is 7.11 Å². The second-order valence-electron chi connectivity index (χ2n) is 4.43. The van der Waals surface area contributed by atoms with Gasteiger partial charge in [0.1, 0.15) is 0 Å². The van der Waals surface area contributed by atoms with E-state index in [0.29, 0.717) is 17.8 Å². The van der Waals surface area contributed by atoms with E-state index in [1.165, 1.54) is 5.56 Å². The van der Waals surface area contributed by atoms with Gasteiger partial charge in [-0.3, -0.25) is 0 Å². The van der Waals surface area contributed by atoms with E-state index in [1.807, 2.05) is 19.3 Å². The van der Waals surface area contributed by atoms with Crippen LogP contribution < -0.4 is 10.1 Å². The Morgan fingerprint density at radius 2 is 2.47 bits per heavy atom. The number of nitrogens with one attached hydrogen (secondary N) is 1. The van der Waals surface area contributed by atoms with Crippen molar-refractivity contribution in [1.82, 2.24) is 10.3 Å². The van der Waals surface area contributed by atoms with Gasteiger partial charge in [0.15, 0.2) is 0 Å². The van der Waals surface area contributed by atoms with Crippen LogP contribution in [0.4, 0.5) is 0 Å². The molecule has 4 heteroatoms. The van der Waals surface area contributed by atoms with Crippen molar-refractivity contribution in [2.24, 2.45) is 5.92 Å². The molecule has 2 heterocycles. The van der Waals surface area contributed by atoms with Crippen LogP contribution in [0.25, 0.3) is 0 Å². The minimum absolute atomic E-state index is 0.465. The third kappa shape index (κ3) is 3.17. The van der Waals surface area contributed by atoms with E-state index in [4.69, 9.17) is 9.47 Å². The molecule has 1 aromatic heterocycles. The highest BCUT2D eigenvalue weighted by atomic mass is 16.5. The van der Waals surface area contributed by atoms with Crippen LogP contribution in [0.3, 0.4) is 0 Å². The van der Waals surface area contributed by atoms with E-state index < -0.39 is 0 Å². The van der Waals surface area contributed by atoms with Gasteiger partial charge < -0.3 is 14.8 Å². The standard InChI is InChI=1S/C13H20N2O2/c1-14-12(11-5-6-17-9-11)7-10-3-4-13(16-2)15-8-10/h3-4,8,11-12,14H,5-7,9H2,1-2H3. The summed E-state index contributed by atoms with van der Waals surface area (Å²) < 4.78 is 10.5. The van der Waals surface area contributed by atoms with Crippen molar-refractivity contribution in [1.29, 1.82) is 0 Å². The number of pyridine rings is 1. The van der Waals surface area contributed by atoms with Gasteiger partial charge in [-0.2, -0.15) is 0 Å². The van der Waals surface area contributed by atoms with E-state index in [2.05, 4.69) is 16.4 Å². The minimum Gasteiger partial charge on any atom is -0.481 e. The molecule has 17 heavy (non-hydrogen) atoms. The van der Waals surface area contributed by atoms with Gasteiger partial charge in [-0.05, 0) is 25.5 Å². The molecule has 0 spiro atoms. The molecular formula is C13H20N2O2. The van der Waals surface area contributed by atoms with Crippen LogP contribution in [0.1, 0.15) is 12.0 Å². The van der Waals surface area contributed by atoms with Crippen molar-refractivity contribution in [3.05, 3.63) is 23.9 Å². The van der Waals surface area contributed by atoms with Crippen LogP contribution in [-0.4, -0.2) is 38.4 Å². The number of likely N-dealkylation sites (N-methyl/N-ethyl adjacent to an activating group) is 1. The van der Waals surface area contributed by atoms with Crippen LogP contribution in [0.2, 0.25) is 0 Å². The summed E-state index contributed by atoms with van der Waals surface area (Å²) in [6.45, 7) is 1.76. The molecule has 1 aliphatic heterocycles. The number of nitrogens with zero attached hydrogens (tertiary/aromatic N) is 1. The second-order valence-corrected chi connectivity index (χ2v) is 4.43. The quantitative estimate of drug-likeness (QED) is 0.836. The molecule has 2 rings (SSSR count). The fourth-order valence-electron chi connectivity index (χ4n) is 2.28. The maximum Gasteiger partial charge on any atom is 0.212 e. The topological polar surface area (TPSA) is 43.4 Å². The predicted octanol–water partition coefficient (Wildman–Crippen LogP) is 1.26. The highest BCUT2D eigenvalue weighted by molar-refractivity contribution is 5.18. The van der Waals surface area contributed by atoms with Gasteiger partial charge in [0.05, 0.1) is 13.7 Å². The van der Waals surface area contributed by atoms with Crippen molar-refractivity contribution in [3.8, 4) is 5.88 Å². The van der Waals surface area contributed by atoms with Crippen molar-refractivity contribution < 1.29 is 9.47 Å². The number of ether oxygens (including phenoxy) is 2. The highest BCUT2D eigenvalue weighted by Crippen LogP contribution is 2.20. The molecule has 2 unspecified atom stereocenters. The van der Waals surface area contributed by atoms with Gasteiger partial charge in [-0.25, -0.2) is 4.98 Å². The molecule has 1 N–H and O–H groups in total. The van der Waals surface area contributed by atoms with E-state index in [9.17, 15) is 0 Å². The average molecular weight is 236 g/mol. The van der Waals surface area contributed by atoms with Crippen LogP contribution in [0, 0.1) is 5.92 Å². The number of rotatable bonds is 5. The minimum atomic E-state index is 0.465. The lowest BCUT2D eigenvalue weighted by atomic mass is 9.93. The lowest BCUT2D eigenvalue weighted by Crippen LogP contribution is -2.35. The summed E-state index contributed by atoms with van der Waals surface area (Å²) in [6, 6.07) is 4.45. The molecule has 1 aromatic rings. The molecule has 0 radical (unpaired) electrons. The molecule has 94 valence electrons. The van der Waals surface area contributed by atoms with Crippen LogP contribution in [-0.2, 0) is 11.2 Å². The molecule has 0 amide bonds. The largest absolute Gasteiger partial charge is 0.481 e. The second kappa shape index (κ2) is 5.98. The van der Waals surface area contributed by atoms with Crippen molar-refractivity contribution in [3.63, 3.8) is 0 Å². The Bertz CT molecular complexity index is 334. The first kappa shape index (κ1) is 12.3. The zero-order valence-corrected chi connectivity index (χ0v) is 10.5. The van der Waals surface area contributed by atoms with Crippen LogP contribution >= 0.6 is 0 Å². The molecule has 1 saturated heterocycles. The van der Waals surface area contributed by atoms with Gasteiger partial charge in [0.25, 0.3) is 0 Å². The molecule has 0 aromatic carbocycles. The Morgan fingerprint density at radius 1 is 1.59 bits per heavy atom. The fourth-order valence-corrected chi connectivity index (χ4v) is 2.28. The summed E-state index contributed by atoms with van der Waals surface area (Å²) in [5, 5.41) is 3.38. The van der Waals surface area contributed by atoms with Gasteiger partial charge in [0, 0.05) is 30.8 Å². The first-order chi connectivity index (χ1) is 8.33. The zero-order chi connectivity index (χ0) is 12.1. The summed E-state index contributed by atoms with van der Waals surface area (Å²) in [4.78, 5) is 4.23. The van der Waals surface area contributed by atoms with Gasteiger partial charge in [0.2, 0.25) is 5.88 Å². The number of methoxy groups -OCH3 is 1. The lowest BCUT2D eigenvalue weighted by molar-refractivity contribution is 0.177. The van der Waals surface area contributed by atoms with E-state index in [0.717, 1.165) is 26.1 Å². The first-order valence-corrected chi connectivity index (χ1v) is 6.07. The van der Waals surface area contributed by atoms with E-state index >= 15 is 0 Å². The molecule has 0 saturated carbocycles. The SMILES string of the molecule is CNC(Cc1ccc(OC)nc1)C1CCOC1. The maximum absolute atomic E-state index is 5.44. The number of hydrogen-bond donors (Lipinski definition) is 1. The van der Waals surface area contributed by atoms with Crippen molar-refractivity contribution in [2.75, 3.05) is 27.4 Å².